The van der Waals surface area contributed by atoms with Crippen LogP contribution in [0.15, 0.2) is 42.5 Å². The molecule has 0 atom stereocenters. The number of fused-ring (bicyclic) bond motifs is 2. The van der Waals surface area contributed by atoms with E-state index in [2.05, 4.69) is 0 Å². The van der Waals surface area contributed by atoms with E-state index in [-0.39, 0.29) is 11.5 Å². The minimum atomic E-state index is 0.164. The summed E-state index contributed by atoms with van der Waals surface area (Å²) in [7, 11) is 1.57. The van der Waals surface area contributed by atoms with Crippen LogP contribution in [0.5, 0.6) is 17.2 Å². The van der Waals surface area contributed by atoms with Crippen molar-refractivity contribution in [2.75, 3.05) is 7.11 Å². The Hall–Kier alpha value is -2.42. The molecule has 3 rings (SSSR count). The van der Waals surface area contributed by atoms with Crippen LogP contribution in [-0.4, -0.2) is 17.3 Å². The predicted molar refractivity (Wildman–Crippen MR) is 71.3 cm³/mol. The lowest BCUT2D eigenvalue weighted by Crippen LogP contribution is -1.85. The number of ether oxygens (including phenoxy) is 1. The fourth-order valence-electron chi connectivity index (χ4n) is 2.24. The van der Waals surface area contributed by atoms with Crippen LogP contribution in [0.3, 0.4) is 0 Å². The third-order valence-corrected chi connectivity index (χ3v) is 3.17. The van der Waals surface area contributed by atoms with Crippen LogP contribution >= 0.6 is 0 Å². The maximum atomic E-state index is 10.3. The maximum Gasteiger partial charge on any atom is 0.131 e. The highest BCUT2D eigenvalue weighted by molar-refractivity contribution is 6.10. The Morgan fingerprint density at radius 1 is 0.778 bits per heavy atom. The van der Waals surface area contributed by atoms with Crippen LogP contribution in [0, 0.1) is 0 Å². The van der Waals surface area contributed by atoms with Gasteiger partial charge in [0, 0.05) is 21.5 Å². The zero-order valence-electron chi connectivity index (χ0n) is 9.84. The van der Waals surface area contributed by atoms with Crippen LogP contribution in [0.2, 0.25) is 0 Å². The Morgan fingerprint density at radius 3 is 1.94 bits per heavy atom. The molecule has 0 saturated heterocycles. The molecule has 0 aromatic heterocycles. The van der Waals surface area contributed by atoms with Gasteiger partial charge >= 0.3 is 0 Å². The SMILES string of the molecule is COc1ccc2c(O)c3ccccc3c(O)c2c1. The van der Waals surface area contributed by atoms with Crippen molar-refractivity contribution in [3.05, 3.63) is 42.5 Å². The number of benzene rings is 3. The van der Waals surface area contributed by atoms with Crippen LogP contribution in [-0.2, 0) is 0 Å². The van der Waals surface area contributed by atoms with Gasteiger partial charge in [0.05, 0.1) is 7.11 Å². The van der Waals surface area contributed by atoms with Gasteiger partial charge in [-0.3, -0.25) is 0 Å². The topological polar surface area (TPSA) is 49.7 Å². The minimum Gasteiger partial charge on any atom is -0.507 e. The van der Waals surface area contributed by atoms with Gasteiger partial charge in [0.1, 0.15) is 17.2 Å². The third kappa shape index (κ3) is 1.37. The van der Waals surface area contributed by atoms with Crippen molar-refractivity contribution in [2.45, 2.75) is 0 Å². The molecule has 0 bridgehead atoms. The lowest BCUT2D eigenvalue weighted by atomic mass is 10.0. The summed E-state index contributed by atoms with van der Waals surface area (Å²) in [5.41, 5.74) is 0. The molecular weight excluding hydrogens is 228 g/mol. The molecule has 0 heterocycles. The molecule has 3 aromatic carbocycles. The fourth-order valence-corrected chi connectivity index (χ4v) is 2.24. The highest BCUT2D eigenvalue weighted by Crippen LogP contribution is 2.42. The van der Waals surface area contributed by atoms with Gasteiger partial charge in [-0.25, -0.2) is 0 Å². The van der Waals surface area contributed by atoms with Crippen LogP contribution in [0.4, 0.5) is 0 Å². The largest absolute Gasteiger partial charge is 0.507 e. The third-order valence-electron chi connectivity index (χ3n) is 3.17. The number of phenolic OH excluding ortho intramolecular Hbond substituents is 2. The zero-order valence-corrected chi connectivity index (χ0v) is 9.84. The molecule has 0 unspecified atom stereocenters. The van der Waals surface area contributed by atoms with E-state index in [1.807, 2.05) is 12.1 Å². The van der Waals surface area contributed by atoms with Crippen LogP contribution in [0.1, 0.15) is 0 Å². The van der Waals surface area contributed by atoms with Crippen molar-refractivity contribution in [1.82, 2.24) is 0 Å². The molecular formula is C15H12O3. The summed E-state index contributed by atoms with van der Waals surface area (Å²) in [6.07, 6.45) is 0. The second kappa shape index (κ2) is 3.81. The summed E-state index contributed by atoms with van der Waals surface area (Å²) in [5, 5.41) is 23.0. The summed E-state index contributed by atoms with van der Waals surface area (Å²) in [4.78, 5) is 0. The number of hydrogen-bond donors (Lipinski definition) is 2. The van der Waals surface area contributed by atoms with E-state index in [9.17, 15) is 10.2 Å². The van der Waals surface area contributed by atoms with Crippen molar-refractivity contribution < 1.29 is 14.9 Å². The summed E-state index contributed by atoms with van der Waals surface area (Å²) in [5.74, 6) is 0.992. The van der Waals surface area contributed by atoms with E-state index in [4.69, 9.17) is 4.74 Å². The molecule has 0 aliphatic rings. The quantitative estimate of drug-likeness (QED) is 0.506. The molecule has 0 fully saturated rings. The van der Waals surface area contributed by atoms with E-state index in [1.54, 1.807) is 37.4 Å². The highest BCUT2D eigenvalue weighted by atomic mass is 16.5. The molecule has 3 nitrogen and oxygen atoms in total. The molecule has 0 saturated carbocycles. The van der Waals surface area contributed by atoms with Crippen molar-refractivity contribution in [3.63, 3.8) is 0 Å². The van der Waals surface area contributed by atoms with Crippen molar-refractivity contribution >= 4 is 21.5 Å². The second-order valence-electron chi connectivity index (χ2n) is 4.15. The Bertz CT molecular complexity index is 747. The average molecular weight is 240 g/mol. The number of phenols is 2. The smallest absolute Gasteiger partial charge is 0.131 e. The standard InChI is InChI=1S/C15H12O3/c1-18-9-6-7-12-13(8-9)15(17)11-5-3-2-4-10(11)14(12)16/h2-8,16-17H,1H3. The normalized spacial score (nSPS) is 10.9. The predicted octanol–water partition coefficient (Wildman–Crippen LogP) is 3.41. The summed E-state index contributed by atoms with van der Waals surface area (Å²) in [6, 6.07) is 12.4. The summed E-state index contributed by atoms with van der Waals surface area (Å²) < 4.78 is 5.14. The van der Waals surface area contributed by atoms with Gasteiger partial charge in [-0.2, -0.15) is 0 Å². The van der Waals surface area contributed by atoms with E-state index >= 15 is 0 Å². The van der Waals surface area contributed by atoms with Crippen molar-refractivity contribution in [2.24, 2.45) is 0 Å². The van der Waals surface area contributed by atoms with Crippen molar-refractivity contribution in [3.8, 4) is 17.2 Å². The summed E-state index contributed by atoms with van der Waals surface area (Å²) >= 11 is 0. The van der Waals surface area contributed by atoms with E-state index < -0.39 is 0 Å². The second-order valence-corrected chi connectivity index (χ2v) is 4.15. The van der Waals surface area contributed by atoms with Gasteiger partial charge < -0.3 is 14.9 Å². The lowest BCUT2D eigenvalue weighted by molar-refractivity contribution is 0.415. The molecule has 3 heteroatoms. The van der Waals surface area contributed by atoms with E-state index in [0.717, 1.165) is 0 Å². The van der Waals surface area contributed by atoms with Gasteiger partial charge in [0.25, 0.3) is 0 Å². The van der Waals surface area contributed by atoms with Crippen molar-refractivity contribution in [1.29, 1.82) is 0 Å². The Kier molecular flexibility index (Phi) is 2.27. The zero-order chi connectivity index (χ0) is 12.7. The first-order chi connectivity index (χ1) is 8.72. The first kappa shape index (κ1) is 10.7. The number of hydrogen-bond acceptors (Lipinski definition) is 3. The Labute approximate surface area is 104 Å². The van der Waals surface area contributed by atoms with Gasteiger partial charge in [0.15, 0.2) is 0 Å². The van der Waals surface area contributed by atoms with Crippen LogP contribution in [0.25, 0.3) is 21.5 Å². The monoisotopic (exact) mass is 240 g/mol. The number of methoxy groups -OCH3 is 1. The minimum absolute atomic E-state index is 0.164. The van der Waals surface area contributed by atoms with E-state index in [0.29, 0.717) is 27.3 Å². The molecule has 0 amide bonds. The Morgan fingerprint density at radius 2 is 1.33 bits per heavy atom. The van der Waals surface area contributed by atoms with Gasteiger partial charge in [-0.1, -0.05) is 24.3 Å². The fraction of sp³-hybridized carbons (Fsp3) is 0.0667. The molecule has 18 heavy (non-hydrogen) atoms. The average Bonchev–Trinajstić information content (AvgIpc) is 2.44. The lowest BCUT2D eigenvalue weighted by Gasteiger charge is -2.10. The van der Waals surface area contributed by atoms with Gasteiger partial charge in [-0.15, -0.1) is 0 Å². The molecule has 0 radical (unpaired) electrons. The highest BCUT2D eigenvalue weighted by Gasteiger charge is 2.12. The molecule has 90 valence electrons. The molecule has 0 spiro atoms. The maximum absolute atomic E-state index is 10.3. The number of rotatable bonds is 1. The van der Waals surface area contributed by atoms with E-state index in [1.165, 1.54) is 0 Å². The molecule has 3 aromatic rings. The summed E-state index contributed by atoms with van der Waals surface area (Å²) in [6.45, 7) is 0. The van der Waals surface area contributed by atoms with Gasteiger partial charge in [-0.05, 0) is 18.2 Å². The first-order valence-corrected chi connectivity index (χ1v) is 5.62. The Balaban J connectivity index is 2.54. The molecule has 2 N–H and O–H groups in total. The molecule has 0 aliphatic carbocycles. The molecule has 0 aliphatic heterocycles. The first-order valence-electron chi connectivity index (χ1n) is 5.62. The number of aromatic hydroxyl groups is 2. The van der Waals surface area contributed by atoms with Crippen LogP contribution < -0.4 is 4.74 Å². The van der Waals surface area contributed by atoms with Gasteiger partial charge in [0.2, 0.25) is 0 Å².